The molecule has 2 aromatic heterocycles. The van der Waals surface area contributed by atoms with Crippen molar-refractivity contribution in [3.63, 3.8) is 0 Å². The van der Waals surface area contributed by atoms with Crippen molar-refractivity contribution in [2.75, 3.05) is 13.2 Å². The number of aromatic nitrogens is 4. The topological polar surface area (TPSA) is 116 Å². The molecule has 0 radical (unpaired) electrons. The van der Waals surface area contributed by atoms with Gasteiger partial charge in [-0.1, -0.05) is 84.9 Å². The summed E-state index contributed by atoms with van der Waals surface area (Å²) in [5, 5.41) is 20.5. The molecule has 48 heavy (non-hydrogen) atoms. The number of nitrogens with zero attached hydrogens (tertiary/aromatic N) is 2. The summed E-state index contributed by atoms with van der Waals surface area (Å²) >= 11 is 0. The maximum absolute atomic E-state index is 10.3. The van der Waals surface area contributed by atoms with E-state index in [0.717, 1.165) is 56.2 Å². The Balaban J connectivity index is 1.31. The number of aromatic hydroxyl groups is 2. The Kier molecular flexibility index (Phi) is 8.36. The first-order valence-corrected chi connectivity index (χ1v) is 15.9. The smallest absolute Gasteiger partial charge is 0.161 e. The molecular formula is C40H34N4O4. The Bertz CT molecular complexity index is 2020. The van der Waals surface area contributed by atoms with Crippen LogP contribution in [0.4, 0.5) is 0 Å². The maximum atomic E-state index is 10.3. The maximum Gasteiger partial charge on any atom is 0.161 e. The lowest BCUT2D eigenvalue weighted by molar-refractivity contribution is 0.318. The highest BCUT2D eigenvalue weighted by atomic mass is 16.5. The molecule has 0 amide bonds. The first-order chi connectivity index (χ1) is 23.5. The largest absolute Gasteiger partial charge is 0.504 e. The van der Waals surface area contributed by atoms with E-state index in [4.69, 9.17) is 19.4 Å². The van der Waals surface area contributed by atoms with Crippen molar-refractivity contribution < 1.29 is 19.7 Å². The molecule has 0 fully saturated rings. The first kappa shape index (κ1) is 30.4. The van der Waals surface area contributed by atoms with E-state index in [1.165, 1.54) is 0 Å². The van der Waals surface area contributed by atoms with Crippen molar-refractivity contribution in [3.05, 3.63) is 121 Å². The van der Waals surface area contributed by atoms with E-state index in [1.54, 1.807) is 24.3 Å². The van der Waals surface area contributed by atoms with Crippen LogP contribution in [0.25, 0.3) is 67.8 Å². The number of hydrogen-bond donors (Lipinski definition) is 4. The molecule has 0 bridgehead atoms. The van der Waals surface area contributed by atoms with E-state index < -0.39 is 0 Å². The summed E-state index contributed by atoms with van der Waals surface area (Å²) in [4.78, 5) is 17.2. The minimum absolute atomic E-state index is 0.0859. The lowest BCUT2D eigenvalue weighted by Crippen LogP contribution is -1.92. The number of hydrogen-bond acceptors (Lipinski definition) is 6. The molecule has 8 heteroatoms. The van der Waals surface area contributed by atoms with Gasteiger partial charge in [0.2, 0.25) is 0 Å². The van der Waals surface area contributed by atoms with Gasteiger partial charge < -0.3 is 29.7 Å². The standard InChI is InChI=1S/C40H34N4O4/c1-3-47-33-23-29(19-21-31(33)45)39-41-35(25-11-7-5-8-12-25)37(43-39)27-15-17-28(18-16-27)38-36(26-13-9-6-10-14-26)42-40(44-38)30-20-22-32(46)34(24-30)48-4-2/h5-24,45-46H,3-4H2,1-2H3,(H,41,43)(H,42,44). The van der Waals surface area contributed by atoms with Crippen LogP contribution in [0.2, 0.25) is 0 Å². The summed E-state index contributed by atoms with van der Waals surface area (Å²) in [5.74, 6) is 2.32. The number of phenols is 2. The van der Waals surface area contributed by atoms with Gasteiger partial charge in [-0.25, -0.2) is 9.97 Å². The summed E-state index contributed by atoms with van der Waals surface area (Å²) < 4.78 is 11.3. The monoisotopic (exact) mass is 634 g/mol. The summed E-state index contributed by atoms with van der Waals surface area (Å²) in [6.07, 6.45) is 0. The Morgan fingerprint density at radius 3 is 1.23 bits per heavy atom. The Hall–Kier alpha value is -6.28. The number of rotatable bonds is 10. The molecule has 5 aromatic carbocycles. The van der Waals surface area contributed by atoms with Crippen LogP contribution in [0, 0.1) is 0 Å². The van der Waals surface area contributed by atoms with Crippen LogP contribution in [0.5, 0.6) is 23.0 Å². The van der Waals surface area contributed by atoms with E-state index in [1.807, 2.05) is 62.4 Å². The van der Waals surface area contributed by atoms with Gasteiger partial charge in [0.15, 0.2) is 23.0 Å². The zero-order valence-electron chi connectivity index (χ0n) is 26.6. The number of aromatic amines is 2. The SMILES string of the molecule is CCOc1cc(-c2nc(-c3ccc(-c4nc(-c5ccc(O)c(OCC)c5)[nH]c4-c4ccccc4)cc3)c(-c3ccccc3)[nH]2)ccc1O. The molecule has 0 atom stereocenters. The summed E-state index contributed by atoms with van der Waals surface area (Å²) in [6.45, 7) is 4.64. The van der Waals surface area contributed by atoms with Gasteiger partial charge in [-0.05, 0) is 50.2 Å². The minimum atomic E-state index is 0.0859. The van der Waals surface area contributed by atoms with Gasteiger partial charge in [0, 0.05) is 33.4 Å². The predicted octanol–water partition coefficient (Wildman–Crippen LogP) is 9.34. The number of benzene rings is 5. The molecular weight excluding hydrogens is 600 g/mol. The predicted molar refractivity (Wildman–Crippen MR) is 189 cm³/mol. The zero-order valence-corrected chi connectivity index (χ0v) is 26.6. The van der Waals surface area contributed by atoms with Gasteiger partial charge in [-0.15, -0.1) is 0 Å². The van der Waals surface area contributed by atoms with Crippen LogP contribution < -0.4 is 9.47 Å². The molecule has 8 nitrogen and oxygen atoms in total. The van der Waals surface area contributed by atoms with Gasteiger partial charge in [-0.3, -0.25) is 0 Å². The third-order valence-electron chi connectivity index (χ3n) is 8.03. The van der Waals surface area contributed by atoms with E-state index in [0.29, 0.717) is 36.4 Å². The summed E-state index contributed by atoms with van der Waals surface area (Å²) in [5.41, 5.74) is 8.83. The molecule has 2 heterocycles. The second kappa shape index (κ2) is 13.2. The number of ether oxygens (including phenoxy) is 2. The fraction of sp³-hybridized carbons (Fsp3) is 0.100. The van der Waals surface area contributed by atoms with E-state index >= 15 is 0 Å². The van der Waals surface area contributed by atoms with E-state index in [9.17, 15) is 10.2 Å². The van der Waals surface area contributed by atoms with E-state index in [-0.39, 0.29) is 11.5 Å². The van der Waals surface area contributed by atoms with Crippen LogP contribution in [0.15, 0.2) is 121 Å². The summed E-state index contributed by atoms with van der Waals surface area (Å²) in [6, 6.07) is 38.9. The Labute approximate surface area is 278 Å². The van der Waals surface area contributed by atoms with Crippen molar-refractivity contribution in [2.24, 2.45) is 0 Å². The highest BCUT2D eigenvalue weighted by Crippen LogP contribution is 2.39. The first-order valence-electron chi connectivity index (χ1n) is 15.9. The fourth-order valence-electron chi connectivity index (χ4n) is 5.72. The molecule has 0 spiro atoms. The third kappa shape index (κ3) is 5.99. The normalized spacial score (nSPS) is 11.0. The molecule has 0 aliphatic heterocycles. The van der Waals surface area contributed by atoms with Crippen LogP contribution in [0.3, 0.4) is 0 Å². The van der Waals surface area contributed by atoms with Crippen LogP contribution in [-0.2, 0) is 0 Å². The van der Waals surface area contributed by atoms with Gasteiger partial charge in [0.05, 0.1) is 36.0 Å². The van der Waals surface area contributed by atoms with Crippen LogP contribution in [-0.4, -0.2) is 43.4 Å². The molecule has 0 aliphatic carbocycles. The summed E-state index contributed by atoms with van der Waals surface area (Å²) in [7, 11) is 0. The molecule has 7 rings (SSSR count). The van der Waals surface area contributed by atoms with Crippen molar-refractivity contribution >= 4 is 0 Å². The molecule has 0 unspecified atom stereocenters. The highest BCUT2D eigenvalue weighted by molar-refractivity contribution is 5.85. The minimum Gasteiger partial charge on any atom is -0.504 e. The van der Waals surface area contributed by atoms with Gasteiger partial charge in [0.25, 0.3) is 0 Å². The van der Waals surface area contributed by atoms with E-state index in [2.05, 4.69) is 58.5 Å². The molecule has 0 saturated heterocycles. The highest BCUT2D eigenvalue weighted by Gasteiger charge is 2.19. The van der Waals surface area contributed by atoms with Crippen LogP contribution in [0.1, 0.15) is 13.8 Å². The Morgan fingerprint density at radius 1 is 0.479 bits per heavy atom. The average Bonchev–Trinajstić information content (AvgIpc) is 3.78. The van der Waals surface area contributed by atoms with Crippen LogP contribution >= 0.6 is 0 Å². The molecule has 238 valence electrons. The lowest BCUT2D eigenvalue weighted by Gasteiger charge is -2.07. The molecule has 7 aromatic rings. The number of imidazole rings is 2. The third-order valence-corrected chi connectivity index (χ3v) is 8.03. The zero-order chi connectivity index (χ0) is 33.0. The van der Waals surface area contributed by atoms with Crippen molar-refractivity contribution in [1.29, 1.82) is 0 Å². The van der Waals surface area contributed by atoms with Gasteiger partial charge in [-0.2, -0.15) is 0 Å². The second-order valence-electron chi connectivity index (χ2n) is 11.2. The lowest BCUT2D eigenvalue weighted by atomic mass is 10.0. The molecule has 0 saturated carbocycles. The molecule has 4 N–H and O–H groups in total. The number of phenolic OH excluding ortho intramolecular Hbond substituents is 2. The van der Waals surface area contributed by atoms with Gasteiger partial charge >= 0.3 is 0 Å². The van der Waals surface area contributed by atoms with Crippen molar-refractivity contribution in [2.45, 2.75) is 13.8 Å². The Morgan fingerprint density at radius 2 is 0.854 bits per heavy atom. The number of H-pyrrole nitrogens is 2. The fourth-order valence-corrected chi connectivity index (χ4v) is 5.72. The second-order valence-corrected chi connectivity index (χ2v) is 11.2. The quantitative estimate of drug-likeness (QED) is 0.119. The average molecular weight is 635 g/mol. The van der Waals surface area contributed by atoms with Gasteiger partial charge in [0.1, 0.15) is 11.6 Å². The van der Waals surface area contributed by atoms with Crippen molar-refractivity contribution in [3.8, 4) is 90.8 Å². The van der Waals surface area contributed by atoms with Crippen molar-refractivity contribution in [1.82, 2.24) is 19.9 Å². The number of nitrogens with one attached hydrogen (secondary N) is 2. The molecule has 0 aliphatic rings.